The lowest BCUT2D eigenvalue weighted by Gasteiger charge is -2.36. The molecule has 0 bridgehead atoms. The van der Waals surface area contributed by atoms with Gasteiger partial charge in [0.15, 0.2) is 11.6 Å². The van der Waals surface area contributed by atoms with E-state index in [0.29, 0.717) is 18.3 Å². The van der Waals surface area contributed by atoms with Gasteiger partial charge in [0, 0.05) is 25.2 Å². The predicted octanol–water partition coefficient (Wildman–Crippen LogP) is 4.21. The van der Waals surface area contributed by atoms with Gasteiger partial charge in [-0.15, -0.1) is 0 Å². The van der Waals surface area contributed by atoms with E-state index < -0.39 is 0 Å². The zero-order valence-corrected chi connectivity index (χ0v) is 13.4. The molecular weight excluding hydrogens is 267 g/mol. The maximum Gasteiger partial charge on any atom is 0.167 e. The topological polar surface area (TPSA) is 38.5 Å². The summed E-state index contributed by atoms with van der Waals surface area (Å²) < 4.78 is 19.1. The smallest absolute Gasteiger partial charge is 0.167 e. The van der Waals surface area contributed by atoms with Crippen molar-refractivity contribution < 1.29 is 9.13 Å². The van der Waals surface area contributed by atoms with E-state index in [1.165, 1.54) is 38.2 Å². The summed E-state index contributed by atoms with van der Waals surface area (Å²) in [6.45, 7) is 4.57. The molecule has 0 amide bonds. The fraction of sp³-hybridized carbons (Fsp3) is 0.647. The fourth-order valence-electron chi connectivity index (χ4n) is 3.27. The fourth-order valence-corrected chi connectivity index (χ4v) is 3.27. The van der Waals surface area contributed by atoms with Crippen LogP contribution in [0.25, 0.3) is 0 Å². The lowest BCUT2D eigenvalue weighted by atomic mass is 9.84. The number of nitrogens with two attached hydrogens (primary N) is 1. The molecule has 4 heteroatoms. The number of rotatable bonds is 5. The molecule has 21 heavy (non-hydrogen) atoms. The Bertz CT molecular complexity index is 470. The first-order chi connectivity index (χ1) is 10.1. The van der Waals surface area contributed by atoms with Gasteiger partial charge < -0.3 is 15.4 Å². The minimum absolute atomic E-state index is 0.288. The molecule has 0 aromatic heterocycles. The van der Waals surface area contributed by atoms with Crippen molar-refractivity contribution in [3.63, 3.8) is 0 Å². The highest BCUT2D eigenvalue weighted by molar-refractivity contribution is 5.70. The summed E-state index contributed by atoms with van der Waals surface area (Å²) in [4.78, 5) is 2.20. The number of anilines is 2. The Hall–Kier alpha value is -1.45. The van der Waals surface area contributed by atoms with Gasteiger partial charge in [-0.1, -0.05) is 13.3 Å². The molecule has 118 valence electrons. The summed E-state index contributed by atoms with van der Waals surface area (Å²) >= 11 is 0. The zero-order valence-electron chi connectivity index (χ0n) is 13.4. The van der Waals surface area contributed by atoms with Crippen molar-refractivity contribution in [1.29, 1.82) is 0 Å². The highest BCUT2D eigenvalue weighted by atomic mass is 19.1. The number of nitrogens with zero attached hydrogens (tertiary/aromatic N) is 1. The van der Waals surface area contributed by atoms with Crippen LogP contribution >= 0.6 is 0 Å². The molecule has 0 saturated heterocycles. The second-order valence-electron chi connectivity index (χ2n) is 5.97. The Kier molecular flexibility index (Phi) is 5.32. The van der Waals surface area contributed by atoms with Gasteiger partial charge >= 0.3 is 0 Å². The minimum atomic E-state index is -0.388. The van der Waals surface area contributed by atoms with Gasteiger partial charge in [-0.25, -0.2) is 4.39 Å². The Morgan fingerprint density at radius 2 is 1.90 bits per heavy atom. The first kappa shape index (κ1) is 15.9. The Balaban J connectivity index is 2.15. The van der Waals surface area contributed by atoms with Crippen LogP contribution in [-0.2, 0) is 0 Å². The number of hydrogen-bond acceptors (Lipinski definition) is 3. The van der Waals surface area contributed by atoms with E-state index in [2.05, 4.69) is 18.9 Å². The highest BCUT2D eigenvalue weighted by Crippen LogP contribution is 2.36. The van der Waals surface area contributed by atoms with Crippen molar-refractivity contribution in [3.8, 4) is 5.75 Å². The van der Waals surface area contributed by atoms with Gasteiger partial charge in [-0.3, -0.25) is 0 Å². The summed E-state index contributed by atoms with van der Waals surface area (Å²) in [6.07, 6.45) is 6.16. The molecule has 0 heterocycles. The van der Waals surface area contributed by atoms with Gasteiger partial charge in [-0.05, 0) is 38.5 Å². The molecule has 2 N–H and O–H groups in total. The molecule has 1 fully saturated rings. The summed E-state index contributed by atoms with van der Waals surface area (Å²) in [7, 11) is 2.05. The van der Waals surface area contributed by atoms with Crippen LogP contribution in [0.4, 0.5) is 15.8 Å². The Labute approximate surface area is 127 Å². The van der Waals surface area contributed by atoms with Crippen molar-refractivity contribution in [3.05, 3.63) is 17.9 Å². The van der Waals surface area contributed by atoms with Gasteiger partial charge in [0.25, 0.3) is 0 Å². The molecule has 0 spiro atoms. The molecule has 1 aliphatic carbocycles. The lowest BCUT2D eigenvalue weighted by Crippen LogP contribution is -2.35. The number of nitrogen functional groups attached to an aromatic ring is 1. The number of ether oxygens (including phenoxy) is 1. The van der Waals surface area contributed by atoms with Crippen molar-refractivity contribution in [2.45, 2.75) is 52.0 Å². The molecule has 0 atom stereocenters. The van der Waals surface area contributed by atoms with Crippen LogP contribution in [0.2, 0.25) is 0 Å². The highest BCUT2D eigenvalue weighted by Gasteiger charge is 2.25. The summed E-state index contributed by atoms with van der Waals surface area (Å²) in [6, 6.07) is 3.59. The van der Waals surface area contributed by atoms with Crippen molar-refractivity contribution in [1.82, 2.24) is 0 Å². The summed E-state index contributed by atoms with van der Waals surface area (Å²) in [5.74, 6) is 0.760. The third kappa shape index (κ3) is 3.60. The second-order valence-corrected chi connectivity index (χ2v) is 5.97. The molecule has 2 rings (SSSR count). The number of halogens is 1. The molecule has 0 radical (unpaired) electrons. The molecule has 0 unspecified atom stereocenters. The maximum atomic E-state index is 13.8. The average molecular weight is 294 g/mol. The molecule has 0 aliphatic heterocycles. The van der Waals surface area contributed by atoms with Crippen molar-refractivity contribution in [2.75, 3.05) is 24.3 Å². The van der Waals surface area contributed by atoms with Gasteiger partial charge in [0.2, 0.25) is 0 Å². The molecule has 1 saturated carbocycles. The minimum Gasteiger partial charge on any atom is -0.491 e. The second kappa shape index (κ2) is 7.01. The van der Waals surface area contributed by atoms with Crippen LogP contribution in [0.3, 0.4) is 0 Å². The van der Waals surface area contributed by atoms with Crippen LogP contribution < -0.4 is 15.4 Å². The molecule has 3 nitrogen and oxygen atoms in total. The monoisotopic (exact) mass is 294 g/mol. The van der Waals surface area contributed by atoms with E-state index in [1.807, 2.05) is 6.92 Å². The molecular formula is C17H27FN2O. The van der Waals surface area contributed by atoms with Gasteiger partial charge in [0.05, 0.1) is 18.0 Å². The Morgan fingerprint density at radius 3 is 2.48 bits per heavy atom. The van der Waals surface area contributed by atoms with E-state index in [-0.39, 0.29) is 11.6 Å². The van der Waals surface area contributed by atoms with E-state index in [1.54, 1.807) is 6.07 Å². The van der Waals surface area contributed by atoms with Crippen LogP contribution in [-0.4, -0.2) is 19.7 Å². The van der Waals surface area contributed by atoms with Crippen molar-refractivity contribution in [2.24, 2.45) is 5.92 Å². The average Bonchev–Trinajstić information content (AvgIpc) is 2.49. The first-order valence-corrected chi connectivity index (χ1v) is 8.01. The van der Waals surface area contributed by atoms with E-state index >= 15 is 0 Å². The van der Waals surface area contributed by atoms with Crippen molar-refractivity contribution >= 4 is 11.4 Å². The van der Waals surface area contributed by atoms with Crippen LogP contribution in [0.5, 0.6) is 5.75 Å². The SMILES string of the molecule is CCOc1cc(N(C)C2CCC(CC)CC2)c(N)cc1F. The van der Waals surface area contributed by atoms with Crippen LogP contribution in [0, 0.1) is 11.7 Å². The third-order valence-corrected chi connectivity index (χ3v) is 4.70. The quantitative estimate of drug-likeness (QED) is 0.827. The molecule has 1 aromatic carbocycles. The number of hydrogen-bond donors (Lipinski definition) is 1. The van der Waals surface area contributed by atoms with Gasteiger partial charge in [0.1, 0.15) is 0 Å². The molecule has 1 aromatic rings. The van der Waals surface area contributed by atoms with E-state index in [4.69, 9.17) is 10.5 Å². The molecule has 1 aliphatic rings. The summed E-state index contributed by atoms with van der Waals surface area (Å²) in [5.41, 5.74) is 7.37. The van der Waals surface area contributed by atoms with E-state index in [9.17, 15) is 4.39 Å². The van der Waals surface area contributed by atoms with Crippen LogP contribution in [0.15, 0.2) is 12.1 Å². The third-order valence-electron chi connectivity index (χ3n) is 4.70. The number of benzene rings is 1. The predicted molar refractivity (Wildman–Crippen MR) is 86.4 cm³/mol. The standard InChI is InChI=1S/C17H27FN2O/c1-4-12-6-8-13(9-7-12)20(3)16-11-17(21-5-2)14(18)10-15(16)19/h10-13H,4-9,19H2,1-3H3. The lowest BCUT2D eigenvalue weighted by molar-refractivity contribution is 0.312. The normalized spacial score (nSPS) is 22.1. The van der Waals surface area contributed by atoms with Crippen LogP contribution in [0.1, 0.15) is 46.0 Å². The maximum absolute atomic E-state index is 13.8. The Morgan fingerprint density at radius 1 is 1.24 bits per heavy atom. The first-order valence-electron chi connectivity index (χ1n) is 8.01. The zero-order chi connectivity index (χ0) is 15.4. The van der Waals surface area contributed by atoms with E-state index in [0.717, 1.165) is 11.6 Å². The largest absolute Gasteiger partial charge is 0.491 e. The summed E-state index contributed by atoms with van der Waals surface area (Å²) in [5, 5.41) is 0. The van der Waals surface area contributed by atoms with Gasteiger partial charge in [-0.2, -0.15) is 0 Å².